The molecule has 0 amide bonds. The lowest BCUT2D eigenvalue weighted by molar-refractivity contribution is -0.220. The normalized spacial score (nSPS) is 12.2. The van der Waals surface area contributed by atoms with E-state index in [2.05, 4.69) is 20.3 Å². The molecular weight excluding hydrogens is 370 g/mol. The summed E-state index contributed by atoms with van der Waals surface area (Å²) in [7, 11) is -4.01. The molecule has 0 spiro atoms. The number of halogens is 1. The van der Waals surface area contributed by atoms with Crippen LogP contribution in [0.3, 0.4) is 0 Å². The van der Waals surface area contributed by atoms with Crippen LogP contribution < -0.4 is 9.84 Å². The highest BCUT2D eigenvalue weighted by Gasteiger charge is 2.11. The van der Waals surface area contributed by atoms with Crippen LogP contribution in [-0.4, -0.2) is 20.9 Å². The van der Waals surface area contributed by atoms with E-state index in [1.54, 1.807) is 30.3 Å². The van der Waals surface area contributed by atoms with Crippen LogP contribution in [0.25, 0.3) is 0 Å². The zero-order valence-electron chi connectivity index (χ0n) is 11.7. The zero-order valence-corrected chi connectivity index (χ0v) is 14.1. The Morgan fingerprint density at radius 2 is 1.91 bits per heavy atom. The van der Waals surface area contributed by atoms with Crippen molar-refractivity contribution < 1.29 is 18.3 Å². The second kappa shape index (κ2) is 6.93. The van der Waals surface area contributed by atoms with Crippen LogP contribution in [0, 0.1) is 6.92 Å². The molecule has 0 aliphatic carbocycles. The number of hydrogen-bond acceptors (Lipinski definition) is 4. The van der Waals surface area contributed by atoms with Gasteiger partial charge in [0.25, 0.3) is 10.0 Å². The highest BCUT2D eigenvalue weighted by atomic mass is 79.9. The van der Waals surface area contributed by atoms with Crippen LogP contribution in [0.1, 0.15) is 5.56 Å². The van der Waals surface area contributed by atoms with Gasteiger partial charge in [-0.15, -0.1) is 0 Å². The van der Waals surface area contributed by atoms with Crippen LogP contribution in [0.5, 0.6) is 5.75 Å². The van der Waals surface area contributed by atoms with E-state index in [1.165, 1.54) is 12.1 Å². The van der Waals surface area contributed by atoms with Crippen molar-refractivity contribution in [1.29, 1.82) is 0 Å². The van der Waals surface area contributed by atoms with Gasteiger partial charge in [-0.25, -0.2) is 0 Å². The van der Waals surface area contributed by atoms with Gasteiger partial charge in [-0.1, -0.05) is 28.1 Å². The molecule has 0 aliphatic rings. The van der Waals surface area contributed by atoms with Crippen molar-refractivity contribution in [3.05, 3.63) is 58.6 Å². The molecule has 0 aromatic heterocycles. The minimum Gasteiger partial charge on any atom is -0.859 e. The van der Waals surface area contributed by atoms with E-state index >= 15 is 0 Å². The lowest BCUT2D eigenvalue weighted by Gasteiger charge is -2.12. The summed E-state index contributed by atoms with van der Waals surface area (Å²) in [5.41, 5.74) is 0.976. The van der Waals surface area contributed by atoms with E-state index in [9.17, 15) is 13.5 Å². The fourth-order valence-electron chi connectivity index (χ4n) is 1.67. The second-order valence-electron chi connectivity index (χ2n) is 4.52. The first-order chi connectivity index (χ1) is 10.4. The Hall–Kier alpha value is -1.86. The summed E-state index contributed by atoms with van der Waals surface area (Å²) in [5.74, 6) is -0.367. The average molecular weight is 383 g/mol. The number of rotatable bonds is 5. The number of benzene rings is 2. The molecule has 0 N–H and O–H groups in total. The Morgan fingerprint density at radius 1 is 1.23 bits per heavy atom. The Bertz CT molecular complexity index is 785. The van der Waals surface area contributed by atoms with Crippen LogP contribution >= 0.6 is 15.9 Å². The number of aryl methyl sites for hydroxylation is 1. The molecule has 0 saturated carbocycles. The van der Waals surface area contributed by atoms with E-state index in [0.717, 1.165) is 10.0 Å². The predicted octanol–water partition coefficient (Wildman–Crippen LogP) is 2.28. The average Bonchev–Trinajstić information content (AvgIpc) is 2.45. The molecule has 0 aliphatic heterocycles. The zero-order chi connectivity index (χ0) is 16.2. The molecule has 0 radical (unpaired) electrons. The third-order valence-corrected chi connectivity index (χ3v) is 4.53. The third-order valence-electron chi connectivity index (χ3n) is 2.69. The first kappa shape index (κ1) is 16.5. The summed E-state index contributed by atoms with van der Waals surface area (Å²) in [6.45, 7) is 1.45. The molecule has 0 unspecified atom stereocenters. The van der Waals surface area contributed by atoms with Crippen molar-refractivity contribution in [3.8, 4) is 5.75 Å². The molecular formula is C15H13BrNO4S-. The second-order valence-corrected chi connectivity index (χ2v) is 7.04. The summed E-state index contributed by atoms with van der Waals surface area (Å²) in [6, 6.07) is 13.0. The van der Waals surface area contributed by atoms with Crippen LogP contribution in [-0.2, 0) is 10.0 Å². The molecule has 2 rings (SSSR count). The monoisotopic (exact) mass is 382 g/mol. The van der Waals surface area contributed by atoms with Gasteiger partial charge in [-0.05, 0) is 48.9 Å². The molecule has 2 aromatic carbocycles. The van der Waals surface area contributed by atoms with Crippen molar-refractivity contribution in [2.75, 3.05) is 6.61 Å². The summed E-state index contributed by atoms with van der Waals surface area (Å²) in [4.78, 5) is -0.0420. The predicted molar refractivity (Wildman–Crippen MR) is 85.4 cm³/mol. The summed E-state index contributed by atoms with van der Waals surface area (Å²) < 4.78 is 33.1. The van der Waals surface area contributed by atoms with Crippen molar-refractivity contribution >= 4 is 31.9 Å². The smallest absolute Gasteiger partial charge is 0.281 e. The fraction of sp³-hybridized carbons (Fsp3) is 0.133. The number of ether oxygens (including phenoxy) is 1. The van der Waals surface area contributed by atoms with Crippen LogP contribution in [0.4, 0.5) is 0 Å². The highest BCUT2D eigenvalue weighted by molar-refractivity contribution is 9.10. The Morgan fingerprint density at radius 3 is 2.55 bits per heavy atom. The van der Waals surface area contributed by atoms with Crippen LogP contribution in [0.15, 0.2) is 62.3 Å². The third kappa shape index (κ3) is 4.57. The van der Waals surface area contributed by atoms with E-state index in [0.29, 0.717) is 5.75 Å². The minimum atomic E-state index is -4.01. The van der Waals surface area contributed by atoms with Crippen molar-refractivity contribution in [1.82, 2.24) is 0 Å². The van der Waals surface area contributed by atoms with Gasteiger partial charge in [-0.3, -0.25) is 0 Å². The van der Waals surface area contributed by atoms with E-state index in [-0.39, 0.29) is 4.90 Å². The number of hydrogen-bond donors (Lipinski definition) is 0. The van der Waals surface area contributed by atoms with Gasteiger partial charge in [0.2, 0.25) is 0 Å². The van der Waals surface area contributed by atoms with Crippen LogP contribution in [0.2, 0.25) is 0 Å². The molecule has 7 heteroatoms. The van der Waals surface area contributed by atoms with E-state index in [1.807, 2.05) is 13.0 Å². The fourth-order valence-corrected chi connectivity index (χ4v) is 2.84. The molecule has 22 heavy (non-hydrogen) atoms. The molecule has 0 bridgehead atoms. The summed E-state index contributed by atoms with van der Waals surface area (Å²) >= 11 is 3.21. The highest BCUT2D eigenvalue weighted by Crippen LogP contribution is 2.17. The van der Waals surface area contributed by atoms with Gasteiger partial charge in [0, 0.05) is 10.4 Å². The maximum absolute atomic E-state index is 12.0. The summed E-state index contributed by atoms with van der Waals surface area (Å²) in [6.07, 6.45) is 0. The molecule has 0 atom stereocenters. The largest absolute Gasteiger partial charge is 0.859 e. The molecule has 5 nitrogen and oxygen atoms in total. The van der Waals surface area contributed by atoms with Gasteiger partial charge in [0.15, 0.2) is 0 Å². The Labute approximate surface area is 137 Å². The summed E-state index contributed by atoms with van der Waals surface area (Å²) in [5, 5.41) is 11.7. The number of sulfonamides is 1. The van der Waals surface area contributed by atoms with Gasteiger partial charge >= 0.3 is 0 Å². The van der Waals surface area contributed by atoms with E-state index < -0.39 is 22.5 Å². The van der Waals surface area contributed by atoms with Crippen molar-refractivity contribution in [2.24, 2.45) is 4.40 Å². The lowest BCUT2D eigenvalue weighted by Crippen LogP contribution is -2.26. The van der Waals surface area contributed by atoms with Crippen molar-refractivity contribution in [3.63, 3.8) is 0 Å². The molecule has 0 saturated heterocycles. The maximum Gasteiger partial charge on any atom is 0.281 e. The molecule has 0 heterocycles. The lowest BCUT2D eigenvalue weighted by atomic mass is 10.2. The Balaban J connectivity index is 2.09. The first-order valence-electron chi connectivity index (χ1n) is 6.33. The van der Waals surface area contributed by atoms with Gasteiger partial charge in [0.05, 0.1) is 4.90 Å². The minimum absolute atomic E-state index is 0.0420. The molecule has 0 fully saturated rings. The van der Waals surface area contributed by atoms with Crippen molar-refractivity contribution in [2.45, 2.75) is 11.8 Å². The molecule has 2 aromatic rings. The first-order valence-corrected chi connectivity index (χ1v) is 8.56. The Kier molecular flexibility index (Phi) is 5.20. The standard InChI is InChI=1S/C15H14BrNO4S/c1-11-3-2-4-13(9-11)21-10-15(18)17-22(19,20)14-7-5-12(16)6-8-14/h2-9H,10H2,1H3,(H,17,18)/p-1. The SMILES string of the molecule is Cc1cccc(OCC([O-])=NS(=O)(=O)c2ccc(Br)cc2)c1. The number of nitrogens with zero attached hydrogens (tertiary/aromatic N) is 1. The molecule has 116 valence electrons. The maximum atomic E-state index is 12.0. The van der Waals surface area contributed by atoms with Gasteiger partial charge in [-0.2, -0.15) is 12.8 Å². The van der Waals surface area contributed by atoms with E-state index in [4.69, 9.17) is 4.74 Å². The topological polar surface area (TPSA) is 78.8 Å². The van der Waals surface area contributed by atoms with Gasteiger partial charge in [0.1, 0.15) is 12.4 Å². The van der Waals surface area contributed by atoms with Gasteiger partial charge < -0.3 is 9.84 Å². The quantitative estimate of drug-likeness (QED) is 0.586.